The van der Waals surface area contributed by atoms with E-state index in [1.54, 1.807) is 16.2 Å². The summed E-state index contributed by atoms with van der Waals surface area (Å²) in [4.78, 5) is 24.3. The zero-order valence-corrected chi connectivity index (χ0v) is 16.6. The van der Waals surface area contributed by atoms with Crippen LogP contribution in [0.4, 0.5) is 19.0 Å². The van der Waals surface area contributed by atoms with Gasteiger partial charge in [-0.2, -0.15) is 29.5 Å². The van der Waals surface area contributed by atoms with E-state index in [1.807, 2.05) is 21.7 Å². The van der Waals surface area contributed by atoms with E-state index in [0.29, 0.717) is 50.1 Å². The van der Waals surface area contributed by atoms with Crippen LogP contribution in [0.1, 0.15) is 17.9 Å². The number of amides is 1. The first-order chi connectivity index (χ1) is 14.4. The SMILES string of the molecule is O=C(CCc1nc(-c2ccsc2)no1)N1CCN(c2ccc(C(F)(F)F)cn2)CC1. The highest BCUT2D eigenvalue weighted by Crippen LogP contribution is 2.29. The molecule has 0 spiro atoms. The van der Waals surface area contributed by atoms with Gasteiger partial charge in [-0.1, -0.05) is 5.16 Å². The molecule has 1 fully saturated rings. The number of piperazine rings is 1. The number of anilines is 1. The van der Waals surface area contributed by atoms with Crippen LogP contribution in [0.5, 0.6) is 0 Å². The highest BCUT2D eigenvalue weighted by atomic mass is 32.1. The van der Waals surface area contributed by atoms with Crippen LogP contribution in [-0.2, 0) is 17.4 Å². The molecule has 3 aromatic heterocycles. The number of thiophene rings is 1. The molecule has 1 amide bonds. The normalized spacial score (nSPS) is 14.9. The fourth-order valence-corrected chi connectivity index (χ4v) is 3.80. The lowest BCUT2D eigenvalue weighted by atomic mass is 10.2. The molecule has 1 aliphatic heterocycles. The van der Waals surface area contributed by atoms with Gasteiger partial charge in [0.1, 0.15) is 5.82 Å². The number of carbonyl (C=O) groups excluding carboxylic acids is 1. The maximum absolute atomic E-state index is 12.7. The minimum atomic E-state index is -4.40. The lowest BCUT2D eigenvalue weighted by Gasteiger charge is -2.35. The van der Waals surface area contributed by atoms with Gasteiger partial charge >= 0.3 is 6.18 Å². The number of carbonyl (C=O) groups is 1. The molecule has 0 atom stereocenters. The van der Waals surface area contributed by atoms with E-state index in [4.69, 9.17) is 4.52 Å². The Labute approximate surface area is 174 Å². The van der Waals surface area contributed by atoms with Gasteiger partial charge in [0.05, 0.1) is 5.56 Å². The van der Waals surface area contributed by atoms with Crippen LogP contribution in [0.25, 0.3) is 11.4 Å². The molecule has 0 saturated carbocycles. The number of pyridine rings is 1. The summed E-state index contributed by atoms with van der Waals surface area (Å²) in [5.41, 5.74) is 0.109. The van der Waals surface area contributed by atoms with Gasteiger partial charge in [-0.15, -0.1) is 0 Å². The van der Waals surface area contributed by atoms with Gasteiger partial charge in [0, 0.05) is 56.2 Å². The topological polar surface area (TPSA) is 75.4 Å². The maximum Gasteiger partial charge on any atom is 0.417 e. The van der Waals surface area contributed by atoms with E-state index >= 15 is 0 Å². The number of aryl methyl sites for hydroxylation is 1. The van der Waals surface area contributed by atoms with E-state index in [-0.39, 0.29) is 12.3 Å². The third kappa shape index (κ3) is 4.61. The predicted octanol–water partition coefficient (Wildman–Crippen LogP) is 3.49. The molecule has 158 valence electrons. The molecular weight excluding hydrogens is 419 g/mol. The van der Waals surface area contributed by atoms with Crippen molar-refractivity contribution < 1.29 is 22.5 Å². The molecule has 11 heteroatoms. The van der Waals surface area contributed by atoms with Gasteiger partial charge in [0.15, 0.2) is 0 Å². The minimum absolute atomic E-state index is 0.0229. The average molecular weight is 437 g/mol. The number of rotatable bonds is 5. The summed E-state index contributed by atoms with van der Waals surface area (Å²) in [5.74, 6) is 1.38. The van der Waals surface area contributed by atoms with Crippen LogP contribution in [0.15, 0.2) is 39.7 Å². The van der Waals surface area contributed by atoms with Gasteiger partial charge in [0.2, 0.25) is 17.6 Å². The Morgan fingerprint density at radius 2 is 1.97 bits per heavy atom. The van der Waals surface area contributed by atoms with Crippen molar-refractivity contribution in [3.8, 4) is 11.4 Å². The van der Waals surface area contributed by atoms with E-state index in [1.165, 1.54) is 6.07 Å². The summed E-state index contributed by atoms with van der Waals surface area (Å²) in [5, 5.41) is 7.77. The fourth-order valence-electron chi connectivity index (χ4n) is 3.16. The Bertz CT molecular complexity index is 981. The molecule has 0 N–H and O–H groups in total. The molecule has 0 radical (unpaired) electrons. The monoisotopic (exact) mass is 437 g/mol. The quantitative estimate of drug-likeness (QED) is 0.608. The maximum atomic E-state index is 12.7. The number of halogens is 3. The third-order valence-corrected chi connectivity index (χ3v) is 5.51. The van der Waals surface area contributed by atoms with Crippen molar-refractivity contribution in [1.29, 1.82) is 0 Å². The van der Waals surface area contributed by atoms with Gasteiger partial charge in [-0.25, -0.2) is 4.98 Å². The minimum Gasteiger partial charge on any atom is -0.353 e. The summed E-state index contributed by atoms with van der Waals surface area (Å²) in [7, 11) is 0. The lowest BCUT2D eigenvalue weighted by Crippen LogP contribution is -2.49. The van der Waals surface area contributed by atoms with Crippen LogP contribution >= 0.6 is 11.3 Å². The summed E-state index contributed by atoms with van der Waals surface area (Å²) in [6.45, 7) is 1.97. The number of nitrogens with zero attached hydrogens (tertiary/aromatic N) is 5. The summed E-state index contributed by atoms with van der Waals surface area (Å²) < 4.78 is 43.2. The molecule has 3 aromatic rings. The Kier molecular flexibility index (Phi) is 5.71. The average Bonchev–Trinajstić information content (AvgIpc) is 3.43. The number of aromatic nitrogens is 3. The van der Waals surface area contributed by atoms with E-state index < -0.39 is 11.7 Å². The second-order valence-corrected chi connectivity index (χ2v) is 7.57. The van der Waals surface area contributed by atoms with Crippen molar-refractivity contribution >= 4 is 23.1 Å². The standard InChI is InChI=1S/C19H18F3N5O2S/c20-19(21,22)14-1-2-15(23-11-14)26-6-8-27(9-7-26)17(28)4-3-16-24-18(25-29-16)13-5-10-30-12-13/h1-2,5,10-12H,3-4,6-9H2. The molecule has 7 nitrogen and oxygen atoms in total. The largest absolute Gasteiger partial charge is 0.417 e. The van der Waals surface area contributed by atoms with Crippen molar-refractivity contribution in [2.24, 2.45) is 0 Å². The van der Waals surface area contributed by atoms with E-state index in [9.17, 15) is 18.0 Å². The number of alkyl halides is 3. The van der Waals surface area contributed by atoms with Crippen LogP contribution in [-0.4, -0.2) is 52.1 Å². The summed E-state index contributed by atoms with van der Waals surface area (Å²) in [6.07, 6.45) is -2.96. The van der Waals surface area contributed by atoms with Crippen molar-refractivity contribution in [2.45, 2.75) is 19.0 Å². The second-order valence-electron chi connectivity index (χ2n) is 6.79. The summed E-state index contributed by atoms with van der Waals surface area (Å²) in [6, 6.07) is 4.28. The molecule has 1 aliphatic rings. The van der Waals surface area contributed by atoms with Crippen molar-refractivity contribution in [3.05, 3.63) is 46.6 Å². The van der Waals surface area contributed by atoms with Crippen LogP contribution in [0.3, 0.4) is 0 Å². The molecule has 4 heterocycles. The molecule has 0 aromatic carbocycles. The van der Waals surface area contributed by atoms with Gasteiger partial charge in [-0.05, 0) is 23.6 Å². The van der Waals surface area contributed by atoms with Crippen LogP contribution in [0, 0.1) is 0 Å². The molecule has 1 saturated heterocycles. The third-order valence-electron chi connectivity index (χ3n) is 4.83. The molecule has 4 rings (SSSR count). The first-order valence-corrected chi connectivity index (χ1v) is 10.3. The van der Waals surface area contributed by atoms with Crippen molar-refractivity contribution in [3.63, 3.8) is 0 Å². The predicted molar refractivity (Wildman–Crippen MR) is 104 cm³/mol. The highest BCUT2D eigenvalue weighted by molar-refractivity contribution is 7.08. The Morgan fingerprint density at radius 1 is 1.17 bits per heavy atom. The highest BCUT2D eigenvalue weighted by Gasteiger charge is 2.31. The Balaban J connectivity index is 1.26. The molecule has 0 unspecified atom stereocenters. The van der Waals surface area contributed by atoms with Crippen molar-refractivity contribution in [1.82, 2.24) is 20.0 Å². The van der Waals surface area contributed by atoms with E-state index in [0.717, 1.165) is 17.8 Å². The lowest BCUT2D eigenvalue weighted by molar-refractivity contribution is -0.137. The second kappa shape index (κ2) is 8.42. The van der Waals surface area contributed by atoms with Crippen LogP contribution in [0.2, 0.25) is 0 Å². The fraction of sp³-hybridized carbons (Fsp3) is 0.368. The molecule has 0 bridgehead atoms. The number of hydrogen-bond donors (Lipinski definition) is 0. The van der Waals surface area contributed by atoms with E-state index in [2.05, 4.69) is 15.1 Å². The summed E-state index contributed by atoms with van der Waals surface area (Å²) >= 11 is 1.54. The smallest absolute Gasteiger partial charge is 0.353 e. The Hall–Kier alpha value is -2.95. The Morgan fingerprint density at radius 3 is 2.60 bits per heavy atom. The first kappa shape index (κ1) is 20.3. The van der Waals surface area contributed by atoms with Gasteiger partial charge < -0.3 is 14.3 Å². The molecule has 30 heavy (non-hydrogen) atoms. The zero-order chi connectivity index (χ0) is 21.1. The molecule has 0 aliphatic carbocycles. The number of hydrogen-bond acceptors (Lipinski definition) is 7. The van der Waals surface area contributed by atoms with Crippen LogP contribution < -0.4 is 4.90 Å². The van der Waals surface area contributed by atoms with Gasteiger partial charge in [-0.3, -0.25) is 4.79 Å². The van der Waals surface area contributed by atoms with Gasteiger partial charge in [0.25, 0.3) is 0 Å². The zero-order valence-electron chi connectivity index (χ0n) is 15.8. The first-order valence-electron chi connectivity index (χ1n) is 9.31. The van der Waals surface area contributed by atoms with Crippen molar-refractivity contribution in [2.75, 3.05) is 31.1 Å². The molecular formula is C19H18F3N5O2S.